The third kappa shape index (κ3) is 2.32. The fourth-order valence-electron chi connectivity index (χ4n) is 1.93. The first-order valence-electron chi connectivity index (χ1n) is 5.12. The minimum Gasteiger partial charge on any atom is -0.380 e. The summed E-state index contributed by atoms with van der Waals surface area (Å²) in [6.07, 6.45) is 3.30. The summed E-state index contributed by atoms with van der Waals surface area (Å²) >= 11 is 3.49. The summed E-state index contributed by atoms with van der Waals surface area (Å²) in [5, 5.41) is 0.852. The Labute approximate surface area is 98.6 Å². The van der Waals surface area contributed by atoms with Crippen molar-refractivity contribution in [2.45, 2.75) is 17.9 Å². The van der Waals surface area contributed by atoms with Crippen LogP contribution in [0.25, 0.3) is 0 Å². The van der Waals surface area contributed by atoms with Crippen molar-refractivity contribution >= 4 is 21.7 Å². The van der Waals surface area contributed by atoms with E-state index in [1.54, 1.807) is 7.11 Å². The Morgan fingerprint density at radius 1 is 1.67 bits per heavy atom. The number of hydrogen-bond donors (Lipinski definition) is 0. The molecule has 0 N–H and O–H groups in total. The molecule has 0 radical (unpaired) electrons. The van der Waals surface area contributed by atoms with Gasteiger partial charge in [0.05, 0.1) is 6.10 Å². The zero-order valence-corrected chi connectivity index (χ0v) is 10.4. The van der Waals surface area contributed by atoms with E-state index < -0.39 is 0 Å². The Balaban J connectivity index is 2.16. The summed E-state index contributed by atoms with van der Waals surface area (Å²) < 4.78 is 5.36. The topological polar surface area (TPSA) is 25.4 Å². The predicted octanol–water partition coefficient (Wildman–Crippen LogP) is 2.20. The highest BCUT2D eigenvalue weighted by atomic mass is 79.9. The lowest BCUT2D eigenvalue weighted by Crippen LogP contribution is -2.24. The largest absolute Gasteiger partial charge is 0.380 e. The highest BCUT2D eigenvalue weighted by molar-refractivity contribution is 9.08. The number of ether oxygens (including phenoxy) is 1. The molecule has 2 heterocycles. The van der Waals surface area contributed by atoms with Crippen molar-refractivity contribution in [2.24, 2.45) is 0 Å². The molecule has 0 aromatic carbocycles. The van der Waals surface area contributed by atoms with Crippen molar-refractivity contribution in [3.8, 4) is 0 Å². The highest BCUT2D eigenvalue weighted by Gasteiger charge is 2.24. The molecule has 1 saturated heterocycles. The molecule has 1 aliphatic heterocycles. The molecule has 82 valence electrons. The third-order valence-corrected chi connectivity index (χ3v) is 3.39. The average Bonchev–Trinajstić information content (AvgIpc) is 2.77. The number of methoxy groups -OCH3 is 1. The molecule has 1 unspecified atom stereocenters. The van der Waals surface area contributed by atoms with E-state index in [2.05, 4.69) is 31.9 Å². The van der Waals surface area contributed by atoms with Crippen molar-refractivity contribution in [1.82, 2.24) is 4.98 Å². The molecule has 0 spiro atoms. The highest BCUT2D eigenvalue weighted by Crippen LogP contribution is 2.24. The van der Waals surface area contributed by atoms with Gasteiger partial charge >= 0.3 is 0 Å². The van der Waals surface area contributed by atoms with Gasteiger partial charge in [-0.25, -0.2) is 4.98 Å². The maximum atomic E-state index is 5.36. The number of halogens is 1. The van der Waals surface area contributed by atoms with Gasteiger partial charge in [0.1, 0.15) is 5.82 Å². The number of aromatic nitrogens is 1. The molecule has 1 aliphatic rings. The van der Waals surface area contributed by atoms with Gasteiger partial charge in [0.2, 0.25) is 0 Å². The number of nitrogens with zero attached hydrogens (tertiary/aromatic N) is 2. The molecule has 0 bridgehead atoms. The zero-order chi connectivity index (χ0) is 10.7. The van der Waals surface area contributed by atoms with Crippen LogP contribution in [0.15, 0.2) is 18.3 Å². The van der Waals surface area contributed by atoms with Crippen LogP contribution >= 0.6 is 15.9 Å². The number of rotatable bonds is 3. The Morgan fingerprint density at radius 3 is 3.20 bits per heavy atom. The molecule has 1 fully saturated rings. The molecular formula is C11H15BrN2O. The van der Waals surface area contributed by atoms with E-state index in [4.69, 9.17) is 4.74 Å². The molecule has 0 amide bonds. The first-order valence-corrected chi connectivity index (χ1v) is 6.25. The van der Waals surface area contributed by atoms with Crippen molar-refractivity contribution in [3.05, 3.63) is 23.9 Å². The summed E-state index contributed by atoms with van der Waals surface area (Å²) in [5.74, 6) is 1.09. The van der Waals surface area contributed by atoms with Gasteiger partial charge in [-0.2, -0.15) is 0 Å². The maximum absolute atomic E-state index is 5.36. The quantitative estimate of drug-likeness (QED) is 0.788. The second-order valence-electron chi connectivity index (χ2n) is 3.71. The van der Waals surface area contributed by atoms with Crippen LogP contribution in [-0.2, 0) is 10.1 Å². The molecule has 4 heteroatoms. The average molecular weight is 271 g/mol. The van der Waals surface area contributed by atoms with Gasteiger partial charge in [0.15, 0.2) is 0 Å². The second-order valence-corrected chi connectivity index (χ2v) is 4.27. The molecule has 0 saturated carbocycles. The van der Waals surface area contributed by atoms with E-state index in [-0.39, 0.29) is 0 Å². The smallest absolute Gasteiger partial charge is 0.132 e. The van der Waals surface area contributed by atoms with Crippen LogP contribution in [-0.4, -0.2) is 31.3 Å². The minimum atomic E-state index is 0.357. The monoisotopic (exact) mass is 270 g/mol. The maximum Gasteiger partial charge on any atom is 0.132 e. The molecule has 1 atom stereocenters. The van der Waals surface area contributed by atoms with Crippen molar-refractivity contribution in [1.29, 1.82) is 0 Å². The summed E-state index contributed by atoms with van der Waals surface area (Å²) in [5.41, 5.74) is 1.24. The number of hydrogen-bond acceptors (Lipinski definition) is 3. The molecule has 3 nitrogen and oxygen atoms in total. The van der Waals surface area contributed by atoms with E-state index in [1.165, 1.54) is 5.56 Å². The minimum absolute atomic E-state index is 0.357. The zero-order valence-electron chi connectivity index (χ0n) is 8.82. The van der Waals surface area contributed by atoms with Crippen molar-refractivity contribution in [3.63, 3.8) is 0 Å². The van der Waals surface area contributed by atoms with Gasteiger partial charge < -0.3 is 9.64 Å². The van der Waals surface area contributed by atoms with E-state index in [1.807, 2.05) is 12.3 Å². The molecule has 15 heavy (non-hydrogen) atoms. The standard InChI is InChI=1S/C11H15BrN2O/c1-15-10-4-6-14(8-10)11-9(7-12)3-2-5-13-11/h2-3,5,10H,4,6-8H2,1H3. The number of pyridine rings is 1. The van der Waals surface area contributed by atoms with E-state index in [9.17, 15) is 0 Å². The number of anilines is 1. The first-order chi connectivity index (χ1) is 7.35. The Morgan fingerprint density at radius 2 is 2.53 bits per heavy atom. The summed E-state index contributed by atoms with van der Waals surface area (Å²) in [7, 11) is 1.78. The third-order valence-electron chi connectivity index (χ3n) is 2.79. The van der Waals surface area contributed by atoms with Crippen LogP contribution in [0.1, 0.15) is 12.0 Å². The SMILES string of the molecule is COC1CCN(c2ncccc2CBr)C1. The van der Waals surface area contributed by atoms with Gasteiger partial charge in [-0.3, -0.25) is 0 Å². The second kappa shape index (κ2) is 4.94. The Bertz CT molecular complexity index is 332. The summed E-state index contributed by atoms with van der Waals surface area (Å²) in [6, 6.07) is 4.08. The fourth-order valence-corrected chi connectivity index (χ4v) is 2.37. The van der Waals surface area contributed by atoms with E-state index >= 15 is 0 Å². The van der Waals surface area contributed by atoms with Crippen LogP contribution in [0.4, 0.5) is 5.82 Å². The van der Waals surface area contributed by atoms with Crippen LogP contribution in [0.5, 0.6) is 0 Å². The van der Waals surface area contributed by atoms with Gasteiger partial charge in [0.25, 0.3) is 0 Å². The molecule has 2 rings (SSSR count). The van der Waals surface area contributed by atoms with Gasteiger partial charge in [-0.05, 0) is 12.5 Å². The van der Waals surface area contributed by atoms with Crippen LogP contribution < -0.4 is 4.90 Å². The lowest BCUT2D eigenvalue weighted by atomic mass is 10.3. The molecule has 0 aliphatic carbocycles. The van der Waals surface area contributed by atoms with Crippen LogP contribution in [0.2, 0.25) is 0 Å². The fraction of sp³-hybridized carbons (Fsp3) is 0.545. The van der Waals surface area contributed by atoms with E-state index in [0.717, 1.165) is 30.7 Å². The molecule has 1 aromatic heterocycles. The summed E-state index contributed by atoms with van der Waals surface area (Å²) in [6.45, 7) is 1.99. The van der Waals surface area contributed by atoms with Gasteiger partial charge in [-0.1, -0.05) is 22.0 Å². The van der Waals surface area contributed by atoms with Crippen molar-refractivity contribution in [2.75, 3.05) is 25.1 Å². The first kappa shape index (κ1) is 10.9. The molecule has 1 aromatic rings. The summed E-state index contributed by atoms with van der Waals surface area (Å²) in [4.78, 5) is 6.74. The normalized spacial score (nSPS) is 20.9. The Kier molecular flexibility index (Phi) is 3.59. The van der Waals surface area contributed by atoms with Gasteiger partial charge in [0, 0.05) is 37.3 Å². The lowest BCUT2D eigenvalue weighted by Gasteiger charge is -2.19. The van der Waals surface area contributed by atoms with Crippen molar-refractivity contribution < 1.29 is 4.74 Å². The predicted molar refractivity (Wildman–Crippen MR) is 64.5 cm³/mol. The molecular weight excluding hydrogens is 256 g/mol. The van der Waals surface area contributed by atoms with Crippen LogP contribution in [0.3, 0.4) is 0 Å². The number of alkyl halides is 1. The van der Waals surface area contributed by atoms with Crippen LogP contribution in [0, 0.1) is 0 Å². The Hall–Kier alpha value is -0.610. The lowest BCUT2D eigenvalue weighted by molar-refractivity contribution is 0.121. The van der Waals surface area contributed by atoms with Gasteiger partial charge in [-0.15, -0.1) is 0 Å². The van der Waals surface area contributed by atoms with E-state index in [0.29, 0.717) is 6.10 Å².